The molecular weight excluding hydrogens is 236 g/mol. The summed E-state index contributed by atoms with van der Waals surface area (Å²) in [4.78, 5) is 2.42. The van der Waals surface area contributed by atoms with E-state index in [1.807, 2.05) is 0 Å². The van der Waals surface area contributed by atoms with E-state index in [4.69, 9.17) is 4.74 Å². The number of rotatable bonds is 5. The van der Waals surface area contributed by atoms with Gasteiger partial charge in [-0.2, -0.15) is 0 Å². The highest BCUT2D eigenvalue weighted by molar-refractivity contribution is 5.51. The van der Waals surface area contributed by atoms with Crippen LogP contribution in [-0.2, 0) is 11.3 Å². The quantitative estimate of drug-likeness (QED) is 0.883. The maximum absolute atomic E-state index is 5.43. The number of methoxy groups -OCH3 is 1. The van der Waals surface area contributed by atoms with Gasteiger partial charge in [-0.05, 0) is 36.6 Å². The molecule has 0 bridgehead atoms. The minimum absolute atomic E-state index is 0.391. The van der Waals surface area contributed by atoms with Crippen LogP contribution in [0.2, 0.25) is 0 Å². The standard InChI is InChI=1S/C16H26N2O/c1-12(2)17-10-14-5-6-15(9-13(14)3)18-8-7-16(11-18)19-4/h5-6,9,12,16-17H,7-8,10-11H2,1-4H3. The van der Waals surface area contributed by atoms with E-state index in [2.05, 4.69) is 49.2 Å². The van der Waals surface area contributed by atoms with Gasteiger partial charge in [0.2, 0.25) is 0 Å². The zero-order chi connectivity index (χ0) is 13.8. The number of benzene rings is 1. The fraction of sp³-hybridized carbons (Fsp3) is 0.625. The molecular formula is C16H26N2O. The van der Waals surface area contributed by atoms with Crippen molar-refractivity contribution in [3.05, 3.63) is 29.3 Å². The van der Waals surface area contributed by atoms with E-state index in [1.165, 1.54) is 16.8 Å². The summed E-state index contributed by atoms with van der Waals surface area (Å²) in [6, 6.07) is 7.32. The summed E-state index contributed by atoms with van der Waals surface area (Å²) in [6.45, 7) is 9.62. The molecule has 1 aliphatic heterocycles. The second-order valence-corrected chi connectivity index (χ2v) is 5.74. The minimum Gasteiger partial charge on any atom is -0.380 e. The van der Waals surface area contributed by atoms with Crippen LogP contribution in [0.5, 0.6) is 0 Å². The number of nitrogens with one attached hydrogen (secondary N) is 1. The lowest BCUT2D eigenvalue weighted by Gasteiger charge is -2.20. The molecule has 0 aliphatic carbocycles. The highest BCUT2D eigenvalue weighted by Crippen LogP contribution is 2.24. The second kappa shape index (κ2) is 6.40. The number of aryl methyl sites for hydroxylation is 1. The molecule has 0 amide bonds. The van der Waals surface area contributed by atoms with Crippen molar-refractivity contribution in [1.82, 2.24) is 5.32 Å². The van der Waals surface area contributed by atoms with Gasteiger partial charge in [0, 0.05) is 38.5 Å². The molecule has 0 saturated carbocycles. The molecule has 0 aromatic heterocycles. The van der Waals surface area contributed by atoms with Gasteiger partial charge in [-0.15, -0.1) is 0 Å². The average molecular weight is 262 g/mol. The Kier molecular flexibility index (Phi) is 4.83. The first-order chi connectivity index (χ1) is 9.10. The number of hydrogen-bond donors (Lipinski definition) is 1. The minimum atomic E-state index is 0.391. The van der Waals surface area contributed by atoms with E-state index in [0.29, 0.717) is 12.1 Å². The van der Waals surface area contributed by atoms with Crippen LogP contribution in [0, 0.1) is 6.92 Å². The van der Waals surface area contributed by atoms with E-state index in [9.17, 15) is 0 Å². The van der Waals surface area contributed by atoms with Crippen LogP contribution >= 0.6 is 0 Å². The van der Waals surface area contributed by atoms with Crippen molar-refractivity contribution < 1.29 is 4.74 Å². The molecule has 1 atom stereocenters. The van der Waals surface area contributed by atoms with Crippen LogP contribution in [0.4, 0.5) is 5.69 Å². The summed E-state index contributed by atoms with van der Waals surface area (Å²) < 4.78 is 5.43. The van der Waals surface area contributed by atoms with Gasteiger partial charge in [0.25, 0.3) is 0 Å². The Morgan fingerprint density at radius 2 is 2.21 bits per heavy atom. The van der Waals surface area contributed by atoms with Crippen LogP contribution in [0.3, 0.4) is 0 Å². The van der Waals surface area contributed by atoms with Gasteiger partial charge in [-0.25, -0.2) is 0 Å². The van der Waals surface area contributed by atoms with E-state index in [-0.39, 0.29) is 0 Å². The molecule has 1 N–H and O–H groups in total. The van der Waals surface area contributed by atoms with Crippen molar-refractivity contribution in [2.24, 2.45) is 0 Å². The van der Waals surface area contributed by atoms with Crippen molar-refractivity contribution in [3.8, 4) is 0 Å². The number of nitrogens with zero attached hydrogens (tertiary/aromatic N) is 1. The molecule has 1 aliphatic rings. The Balaban J connectivity index is 2.02. The zero-order valence-corrected chi connectivity index (χ0v) is 12.6. The largest absolute Gasteiger partial charge is 0.380 e. The van der Waals surface area contributed by atoms with Crippen molar-refractivity contribution in [3.63, 3.8) is 0 Å². The van der Waals surface area contributed by atoms with Gasteiger partial charge in [-0.1, -0.05) is 19.9 Å². The number of anilines is 1. The van der Waals surface area contributed by atoms with Crippen molar-refractivity contribution in [1.29, 1.82) is 0 Å². The predicted molar refractivity (Wildman–Crippen MR) is 80.8 cm³/mol. The van der Waals surface area contributed by atoms with Crippen LogP contribution in [0.1, 0.15) is 31.4 Å². The predicted octanol–water partition coefficient (Wildman–Crippen LogP) is 2.72. The molecule has 1 aromatic carbocycles. The molecule has 0 radical (unpaired) electrons. The van der Waals surface area contributed by atoms with Gasteiger partial charge in [0.15, 0.2) is 0 Å². The van der Waals surface area contributed by atoms with E-state index in [1.54, 1.807) is 7.11 Å². The van der Waals surface area contributed by atoms with E-state index < -0.39 is 0 Å². The Labute approximate surface area is 116 Å². The molecule has 1 unspecified atom stereocenters. The average Bonchev–Trinajstić information content (AvgIpc) is 2.85. The van der Waals surface area contributed by atoms with Crippen molar-refractivity contribution in [2.75, 3.05) is 25.1 Å². The van der Waals surface area contributed by atoms with Gasteiger partial charge in [0.1, 0.15) is 0 Å². The van der Waals surface area contributed by atoms with Crippen molar-refractivity contribution in [2.45, 2.75) is 45.9 Å². The summed E-state index contributed by atoms with van der Waals surface area (Å²) in [5, 5.41) is 3.47. The molecule has 3 heteroatoms. The fourth-order valence-corrected chi connectivity index (χ4v) is 2.54. The summed E-state index contributed by atoms with van der Waals surface area (Å²) in [5.41, 5.74) is 4.08. The third kappa shape index (κ3) is 3.71. The first-order valence-electron chi connectivity index (χ1n) is 7.21. The first kappa shape index (κ1) is 14.4. The number of ether oxygens (including phenoxy) is 1. The maximum atomic E-state index is 5.43. The lowest BCUT2D eigenvalue weighted by atomic mass is 10.1. The maximum Gasteiger partial charge on any atom is 0.0762 e. The monoisotopic (exact) mass is 262 g/mol. The highest BCUT2D eigenvalue weighted by Gasteiger charge is 2.22. The molecule has 2 rings (SSSR count). The lowest BCUT2D eigenvalue weighted by Crippen LogP contribution is -2.23. The fourth-order valence-electron chi connectivity index (χ4n) is 2.54. The van der Waals surface area contributed by atoms with Crippen molar-refractivity contribution >= 4 is 5.69 Å². The molecule has 3 nitrogen and oxygen atoms in total. The molecule has 0 spiro atoms. The summed E-state index contributed by atoms with van der Waals surface area (Å²) in [5.74, 6) is 0. The van der Waals surface area contributed by atoms with Gasteiger partial charge < -0.3 is 15.0 Å². The lowest BCUT2D eigenvalue weighted by molar-refractivity contribution is 0.121. The molecule has 1 aromatic rings. The first-order valence-corrected chi connectivity index (χ1v) is 7.21. The normalized spacial score (nSPS) is 19.4. The highest BCUT2D eigenvalue weighted by atomic mass is 16.5. The second-order valence-electron chi connectivity index (χ2n) is 5.74. The third-order valence-corrected chi connectivity index (χ3v) is 3.87. The van der Waals surface area contributed by atoms with Crippen LogP contribution in [0.25, 0.3) is 0 Å². The van der Waals surface area contributed by atoms with Gasteiger partial charge >= 0.3 is 0 Å². The van der Waals surface area contributed by atoms with E-state index >= 15 is 0 Å². The van der Waals surface area contributed by atoms with E-state index in [0.717, 1.165) is 26.1 Å². The van der Waals surface area contributed by atoms with Crippen LogP contribution in [-0.4, -0.2) is 32.3 Å². The summed E-state index contributed by atoms with van der Waals surface area (Å²) >= 11 is 0. The van der Waals surface area contributed by atoms with Gasteiger partial charge in [0.05, 0.1) is 6.10 Å². The number of hydrogen-bond acceptors (Lipinski definition) is 3. The molecule has 1 saturated heterocycles. The molecule has 1 heterocycles. The summed E-state index contributed by atoms with van der Waals surface area (Å²) in [7, 11) is 1.81. The third-order valence-electron chi connectivity index (χ3n) is 3.87. The van der Waals surface area contributed by atoms with Crippen LogP contribution < -0.4 is 10.2 Å². The Morgan fingerprint density at radius 3 is 2.79 bits per heavy atom. The zero-order valence-electron chi connectivity index (χ0n) is 12.6. The SMILES string of the molecule is COC1CCN(c2ccc(CNC(C)C)c(C)c2)C1. The Hall–Kier alpha value is -1.06. The molecule has 106 valence electrons. The Bertz CT molecular complexity index is 417. The van der Waals surface area contributed by atoms with Crippen LogP contribution in [0.15, 0.2) is 18.2 Å². The summed E-state index contributed by atoms with van der Waals surface area (Å²) in [6.07, 6.45) is 1.52. The molecule has 19 heavy (non-hydrogen) atoms. The molecule has 1 fully saturated rings. The smallest absolute Gasteiger partial charge is 0.0762 e. The Morgan fingerprint density at radius 1 is 1.42 bits per heavy atom. The van der Waals surface area contributed by atoms with Gasteiger partial charge in [-0.3, -0.25) is 0 Å². The topological polar surface area (TPSA) is 24.5 Å².